The number of carbonyl (C=O) groups excluding carboxylic acids is 7. The number of amides is 7. The van der Waals surface area contributed by atoms with Gasteiger partial charge in [-0.2, -0.15) is 0 Å². The highest BCUT2D eigenvalue weighted by atomic mass is 16.6. The van der Waals surface area contributed by atoms with E-state index in [0.29, 0.717) is 132 Å². The largest absolute Gasteiger partial charge is 0.394 e. The highest BCUT2D eigenvalue weighted by Gasteiger charge is 2.37. The van der Waals surface area contributed by atoms with E-state index in [-0.39, 0.29) is 84.7 Å². The fourth-order valence-corrected chi connectivity index (χ4v) is 10.8. The molecule has 0 aliphatic heterocycles. The summed E-state index contributed by atoms with van der Waals surface area (Å²) in [4.78, 5) is 98.8. The molecule has 17 atom stereocenters. The minimum absolute atomic E-state index is 0.00359. The normalized spacial score (nSPS) is 16.1. The van der Waals surface area contributed by atoms with Crippen molar-refractivity contribution in [2.45, 2.75) is 123 Å². The third-order valence-electron chi connectivity index (χ3n) is 18.5. The Balaban J connectivity index is 4.13. The van der Waals surface area contributed by atoms with Crippen LogP contribution in [0.25, 0.3) is 0 Å². The van der Waals surface area contributed by atoms with Crippen molar-refractivity contribution in [2.75, 3.05) is 312 Å². The predicted octanol–water partition coefficient (Wildman–Crippen LogP) is -16.2. The quantitative estimate of drug-likeness (QED) is 0.0251. The predicted molar refractivity (Wildman–Crippen MR) is 428 cm³/mol. The Morgan fingerprint density at radius 2 is 0.504 bits per heavy atom. The van der Waals surface area contributed by atoms with Gasteiger partial charge in [-0.1, -0.05) is 0 Å². The molecule has 123 heavy (non-hydrogen) atoms. The maximum atomic E-state index is 13.3. The average molecular weight is 1800 g/mol. The van der Waals surface area contributed by atoms with Crippen molar-refractivity contribution in [1.29, 1.82) is 0 Å². The number of rotatable bonds is 82. The van der Waals surface area contributed by atoms with Crippen molar-refractivity contribution < 1.29 is 193 Å². The molecule has 7 amide bonds. The first-order chi connectivity index (χ1) is 58.5. The van der Waals surface area contributed by atoms with Crippen LogP contribution in [0.1, 0.15) is 19.3 Å². The molecule has 1 unspecified atom stereocenters. The molecule has 0 saturated carbocycles. The highest BCUT2D eigenvalue weighted by Crippen LogP contribution is 2.14. The van der Waals surface area contributed by atoms with Crippen molar-refractivity contribution in [2.24, 2.45) is 0 Å². The van der Waals surface area contributed by atoms with Crippen LogP contribution in [0.4, 0.5) is 0 Å². The molecule has 0 spiro atoms. The number of aliphatic hydroxyl groups is 20. The van der Waals surface area contributed by atoms with E-state index in [4.69, 9.17) is 77.3 Å². The summed E-state index contributed by atoms with van der Waals surface area (Å²) >= 11 is 0. The van der Waals surface area contributed by atoms with Gasteiger partial charge in [0.15, 0.2) is 0 Å². The molecule has 49 nitrogen and oxygen atoms in total. The van der Waals surface area contributed by atoms with Crippen molar-refractivity contribution >= 4 is 41.4 Å². The van der Waals surface area contributed by atoms with Crippen LogP contribution < -0.4 is 16.0 Å². The van der Waals surface area contributed by atoms with E-state index in [1.807, 2.05) is 0 Å². The lowest BCUT2D eigenvalue weighted by molar-refractivity contribution is -0.145. The smallest absolute Gasteiger partial charge is 0.242 e. The summed E-state index contributed by atoms with van der Waals surface area (Å²) in [5.41, 5.74) is 0. The average Bonchev–Trinajstić information content (AvgIpc) is 0.888. The maximum absolute atomic E-state index is 13.3. The first kappa shape index (κ1) is 118. The van der Waals surface area contributed by atoms with Gasteiger partial charge in [0.2, 0.25) is 41.4 Å². The van der Waals surface area contributed by atoms with Crippen LogP contribution in [0.3, 0.4) is 0 Å². The lowest BCUT2D eigenvalue weighted by Crippen LogP contribution is -2.54. The van der Waals surface area contributed by atoms with Crippen molar-refractivity contribution in [1.82, 2.24) is 50.2 Å². The van der Waals surface area contributed by atoms with Crippen LogP contribution in [0.5, 0.6) is 0 Å². The molecule has 23 N–H and O–H groups in total. The summed E-state index contributed by atoms with van der Waals surface area (Å²) in [6, 6.07) is -0.706. The van der Waals surface area contributed by atoms with Gasteiger partial charge in [-0.25, -0.2) is 0 Å². The number of nitrogens with zero attached hydrogens (tertiary/aromatic N) is 7. The van der Waals surface area contributed by atoms with E-state index in [0.717, 1.165) is 19.6 Å². The van der Waals surface area contributed by atoms with Crippen molar-refractivity contribution in [3.05, 3.63) is 0 Å². The number of ether oxygens (including phenoxy) is 12. The molecule has 0 saturated heterocycles. The Morgan fingerprint density at radius 3 is 0.772 bits per heavy atom. The number of carbonyl (C=O) groups is 7. The highest BCUT2D eigenvalue weighted by molar-refractivity contribution is 5.92. The van der Waals surface area contributed by atoms with Gasteiger partial charge < -0.3 is 199 Å². The standard InChI is InChI=1S/C74H146N10O39/c1-75-51(74(111)82(6)46-65(102)81(5)45-64(101)80(4)44-63(100)79(3)43-62(99)78(2)42-61(98)77-11-12-83(38-52(89)66(103)70(107)56(93)47-85)39-53(90)67(104)71(108)57(94)48-86)8-7-10-76-60(97)9-14-112-16-18-114-20-22-116-24-26-118-28-30-120-32-34-122-36-37-123-35-33-121-31-29-119-27-25-117-23-21-115-19-17-113-15-13-84(40-54(91)68(105)72(109)58(95)49-87)41-55(92)69(106)73(110)59(96)50-88/h51-59,66-73,75,85-96,103-110H,7-50H2,1-6H3,(H,76,97)(H,77,98)/t51?,52-,53-,54-,55-,56+,57+,58+,59+,66+,67+,68+,69+,70+,71+,72+,73+/m0/s1. The summed E-state index contributed by atoms with van der Waals surface area (Å²) in [7, 11) is 8.20. The van der Waals surface area contributed by atoms with Gasteiger partial charge in [-0.3, -0.25) is 43.4 Å². The fourth-order valence-electron chi connectivity index (χ4n) is 10.8. The number of hydrogen-bond donors (Lipinski definition) is 23. The molecule has 0 bridgehead atoms. The van der Waals surface area contributed by atoms with Crippen LogP contribution >= 0.6 is 0 Å². The lowest BCUT2D eigenvalue weighted by Gasteiger charge is -2.33. The Kier molecular flexibility index (Phi) is 69.7. The second-order valence-corrected chi connectivity index (χ2v) is 28.7. The summed E-state index contributed by atoms with van der Waals surface area (Å²) < 4.78 is 66.1. The topological polar surface area (TPSA) is 694 Å². The van der Waals surface area contributed by atoms with Gasteiger partial charge in [-0.15, -0.1) is 0 Å². The van der Waals surface area contributed by atoms with E-state index < -0.39 is 218 Å². The molecule has 0 aliphatic carbocycles. The lowest BCUT2D eigenvalue weighted by atomic mass is 10.0. The number of aliphatic hydroxyl groups excluding tert-OH is 20. The van der Waals surface area contributed by atoms with Crippen LogP contribution in [-0.2, 0) is 90.4 Å². The molecule has 0 aromatic rings. The molecule has 0 aromatic heterocycles. The molecule has 0 aromatic carbocycles. The van der Waals surface area contributed by atoms with E-state index in [9.17, 15) is 115 Å². The Morgan fingerprint density at radius 1 is 0.276 bits per heavy atom. The third kappa shape index (κ3) is 55.4. The molecule has 726 valence electrons. The summed E-state index contributed by atoms with van der Waals surface area (Å²) in [6.45, 7) is -0.863. The van der Waals surface area contributed by atoms with E-state index in [2.05, 4.69) is 16.0 Å². The fraction of sp³-hybridized carbons (Fsp3) is 0.905. The zero-order valence-electron chi connectivity index (χ0n) is 71.8. The Labute approximate surface area is 717 Å². The Bertz CT molecular complexity index is 2640. The zero-order valence-corrected chi connectivity index (χ0v) is 71.8. The minimum atomic E-state index is -2.03. The SMILES string of the molecule is CNC(CCCNC(=O)CCOCCOCCOCCOCCOCCOCCOCCOCCOCCOCCOCCOCCN(C[C@H](O)[C@@H](O)[C@H](O)[C@H](O)CO)C[C@H](O)[C@@H](O)[C@H](O)[C@H](O)CO)C(=O)N(C)CC(=O)N(C)CC(=O)N(C)CC(=O)N(C)CC(=O)N(C)CC(=O)NCCN(C[C@H](O)[C@@H](O)[C@H](O)[C@H](O)CO)C[C@H](O)[C@@H](O)[C@H](O)[C@H](O)CO. The van der Waals surface area contributed by atoms with Gasteiger partial charge in [0, 0.05) is 94.0 Å². The first-order valence-corrected chi connectivity index (χ1v) is 40.7. The Hall–Kier alpha value is -5.11. The number of nitrogens with one attached hydrogen (secondary N) is 3. The summed E-state index contributed by atoms with van der Waals surface area (Å²) in [5.74, 6) is -4.00. The first-order valence-electron chi connectivity index (χ1n) is 40.7. The van der Waals surface area contributed by atoms with Gasteiger partial charge in [0.1, 0.15) is 73.2 Å². The molecule has 0 radical (unpaired) electrons. The van der Waals surface area contributed by atoms with Gasteiger partial charge in [0.05, 0.1) is 248 Å². The molecular formula is C74H146N10O39. The number of hydrogen-bond acceptors (Lipinski definition) is 42. The minimum Gasteiger partial charge on any atom is -0.394 e. The molecule has 0 aliphatic rings. The zero-order chi connectivity index (χ0) is 92.6. The van der Waals surface area contributed by atoms with E-state index in [1.165, 1.54) is 49.9 Å². The van der Waals surface area contributed by atoms with Crippen LogP contribution in [0, 0.1) is 0 Å². The van der Waals surface area contributed by atoms with Crippen molar-refractivity contribution in [3.8, 4) is 0 Å². The third-order valence-corrected chi connectivity index (χ3v) is 18.5. The molecule has 0 fully saturated rings. The van der Waals surface area contributed by atoms with Crippen molar-refractivity contribution in [3.63, 3.8) is 0 Å². The summed E-state index contributed by atoms with van der Waals surface area (Å²) in [5, 5.41) is 206. The monoisotopic (exact) mass is 1800 g/mol. The summed E-state index contributed by atoms with van der Waals surface area (Å²) in [6.07, 6.45) is -29.1. The van der Waals surface area contributed by atoms with Gasteiger partial charge in [-0.05, 0) is 19.9 Å². The van der Waals surface area contributed by atoms with E-state index >= 15 is 0 Å². The van der Waals surface area contributed by atoms with Gasteiger partial charge >= 0.3 is 0 Å². The second-order valence-electron chi connectivity index (χ2n) is 28.7. The number of likely N-dealkylation sites (N-methyl/N-ethyl adjacent to an activating group) is 6. The molecular weight excluding hydrogens is 1650 g/mol. The van der Waals surface area contributed by atoms with Crippen LogP contribution in [0.2, 0.25) is 0 Å². The second kappa shape index (κ2) is 72.8. The van der Waals surface area contributed by atoms with Crippen LogP contribution in [-0.4, -0.2) is 594 Å². The van der Waals surface area contributed by atoms with Crippen LogP contribution in [0.15, 0.2) is 0 Å². The molecule has 0 rings (SSSR count). The molecule has 0 heterocycles. The molecule has 49 heteroatoms. The van der Waals surface area contributed by atoms with Gasteiger partial charge in [0.25, 0.3) is 0 Å². The maximum Gasteiger partial charge on any atom is 0.242 e. The van der Waals surface area contributed by atoms with E-state index in [1.54, 1.807) is 7.05 Å².